The van der Waals surface area contributed by atoms with Crippen molar-refractivity contribution in [2.45, 2.75) is 19.6 Å². The Hall–Kier alpha value is -3.38. The van der Waals surface area contributed by atoms with E-state index in [0.29, 0.717) is 22.5 Å². The number of nitrogens with two attached hydrogens (primary N) is 1. The molecule has 2 N–H and O–H groups in total. The van der Waals surface area contributed by atoms with Crippen LogP contribution in [0.3, 0.4) is 0 Å². The molecule has 0 fully saturated rings. The summed E-state index contributed by atoms with van der Waals surface area (Å²) in [6.07, 6.45) is 0.544. The highest BCUT2D eigenvalue weighted by Crippen LogP contribution is 2.32. The lowest BCUT2D eigenvalue weighted by Crippen LogP contribution is -2.42. The summed E-state index contributed by atoms with van der Waals surface area (Å²) in [7, 11) is 0. The van der Waals surface area contributed by atoms with Crippen LogP contribution in [0.25, 0.3) is 0 Å². The first-order chi connectivity index (χ1) is 13.6. The van der Waals surface area contributed by atoms with Gasteiger partial charge in [0.1, 0.15) is 5.82 Å². The van der Waals surface area contributed by atoms with Crippen molar-refractivity contribution in [3.63, 3.8) is 0 Å². The van der Waals surface area contributed by atoms with Crippen LogP contribution in [-0.2, 0) is 11.3 Å². The van der Waals surface area contributed by atoms with E-state index in [9.17, 15) is 9.18 Å². The lowest BCUT2D eigenvalue weighted by atomic mass is 9.97. The number of aliphatic imine (C=N–C) groups is 1. The molecule has 140 valence electrons. The molecule has 0 aliphatic carbocycles. The number of benzene rings is 2. The summed E-state index contributed by atoms with van der Waals surface area (Å²) in [5, 5.41) is 0. The number of pyridine rings is 1. The van der Waals surface area contributed by atoms with E-state index in [1.54, 1.807) is 29.3 Å². The predicted molar refractivity (Wildman–Crippen MR) is 107 cm³/mol. The number of rotatable bonds is 3. The Morgan fingerprint density at radius 2 is 1.79 bits per heavy atom. The fourth-order valence-corrected chi connectivity index (χ4v) is 3.42. The Morgan fingerprint density at radius 3 is 2.54 bits per heavy atom. The number of hydrogen-bond donors (Lipinski definition) is 1. The third-order valence-corrected chi connectivity index (χ3v) is 4.73. The minimum Gasteiger partial charge on any atom is -0.302 e. The minimum absolute atomic E-state index is 0.255. The maximum atomic E-state index is 14.5. The molecule has 0 saturated carbocycles. The van der Waals surface area contributed by atoms with Gasteiger partial charge in [0.25, 0.3) is 5.91 Å². The third-order valence-electron chi connectivity index (χ3n) is 4.73. The van der Waals surface area contributed by atoms with E-state index >= 15 is 0 Å². The monoisotopic (exact) mass is 374 g/mol. The van der Waals surface area contributed by atoms with Crippen molar-refractivity contribution in [1.82, 2.24) is 4.98 Å². The molecule has 28 heavy (non-hydrogen) atoms. The van der Waals surface area contributed by atoms with Gasteiger partial charge in [-0.1, -0.05) is 36.4 Å². The molecule has 3 aromatic rings. The van der Waals surface area contributed by atoms with Crippen LogP contribution in [-0.4, -0.2) is 22.8 Å². The molecule has 1 aliphatic rings. The maximum absolute atomic E-state index is 14.5. The Kier molecular flexibility index (Phi) is 4.71. The molecule has 1 aliphatic heterocycles. The molecule has 0 saturated heterocycles. The molecule has 1 atom stereocenters. The summed E-state index contributed by atoms with van der Waals surface area (Å²) >= 11 is 0. The highest BCUT2D eigenvalue weighted by atomic mass is 19.1. The van der Waals surface area contributed by atoms with Gasteiger partial charge < -0.3 is 10.6 Å². The highest BCUT2D eigenvalue weighted by molar-refractivity contribution is 6.20. The van der Waals surface area contributed by atoms with Crippen LogP contribution in [0.4, 0.5) is 10.1 Å². The summed E-state index contributed by atoms with van der Waals surface area (Å²) in [6.45, 7) is 2.17. The van der Waals surface area contributed by atoms with Crippen LogP contribution < -0.4 is 10.6 Å². The second-order valence-electron chi connectivity index (χ2n) is 6.62. The molecule has 1 amide bonds. The molecule has 0 unspecified atom stereocenters. The van der Waals surface area contributed by atoms with E-state index in [-0.39, 0.29) is 12.5 Å². The summed E-state index contributed by atoms with van der Waals surface area (Å²) in [4.78, 5) is 23.4. The maximum Gasteiger partial charge on any atom is 0.266 e. The average molecular weight is 374 g/mol. The number of carbonyl (C=O) groups excluding carboxylic acids is 1. The Labute approximate surface area is 162 Å². The predicted octanol–water partition coefficient (Wildman–Crippen LogP) is 3.20. The number of hydrogen-bond acceptors (Lipinski definition) is 4. The van der Waals surface area contributed by atoms with E-state index in [4.69, 9.17) is 5.73 Å². The molecular formula is C22H19FN4O. The molecule has 6 heteroatoms. The first kappa shape index (κ1) is 18.0. The third kappa shape index (κ3) is 3.18. The van der Waals surface area contributed by atoms with Gasteiger partial charge in [-0.15, -0.1) is 0 Å². The van der Waals surface area contributed by atoms with E-state index in [1.807, 2.05) is 43.3 Å². The van der Waals surface area contributed by atoms with E-state index in [0.717, 1.165) is 11.3 Å². The number of benzodiazepines with no additional fused rings is 1. The summed E-state index contributed by atoms with van der Waals surface area (Å²) in [5.74, 6) is -0.765. The van der Waals surface area contributed by atoms with Gasteiger partial charge in [0.2, 0.25) is 0 Å². The van der Waals surface area contributed by atoms with Crippen LogP contribution in [0.2, 0.25) is 0 Å². The number of fused-ring (bicyclic) bond motifs is 1. The van der Waals surface area contributed by atoms with Crippen LogP contribution in [0, 0.1) is 12.7 Å². The highest BCUT2D eigenvalue weighted by Gasteiger charge is 2.32. The zero-order chi connectivity index (χ0) is 19.7. The van der Waals surface area contributed by atoms with Gasteiger partial charge in [-0.05, 0) is 36.8 Å². The lowest BCUT2D eigenvalue weighted by molar-refractivity contribution is -0.119. The molecule has 1 aromatic heterocycles. The number of aromatic nitrogens is 1. The van der Waals surface area contributed by atoms with E-state index < -0.39 is 12.0 Å². The molecule has 2 aromatic carbocycles. The molecule has 2 heterocycles. The molecule has 0 bridgehead atoms. The summed E-state index contributed by atoms with van der Waals surface area (Å²) in [6, 6.07) is 17.5. The van der Waals surface area contributed by atoms with Crippen molar-refractivity contribution >= 4 is 17.3 Å². The SMILES string of the molecule is Cc1cccc2c1N(Cc1ccccn1)C(=O)[C@@H](N)N=C2c1ccccc1F. The topological polar surface area (TPSA) is 71.6 Å². The van der Waals surface area contributed by atoms with Crippen LogP contribution in [0.5, 0.6) is 0 Å². The summed E-state index contributed by atoms with van der Waals surface area (Å²) in [5.41, 5.74) is 9.75. The number of para-hydroxylation sites is 1. The smallest absolute Gasteiger partial charge is 0.266 e. The fraction of sp³-hybridized carbons (Fsp3) is 0.136. The van der Waals surface area contributed by atoms with E-state index in [1.165, 1.54) is 6.07 Å². The second kappa shape index (κ2) is 7.32. The van der Waals surface area contributed by atoms with Crippen molar-refractivity contribution in [1.29, 1.82) is 0 Å². The molecule has 5 nitrogen and oxygen atoms in total. The summed E-state index contributed by atoms with van der Waals surface area (Å²) < 4.78 is 14.5. The number of anilines is 1. The number of amides is 1. The molecule has 0 spiro atoms. The van der Waals surface area contributed by atoms with Gasteiger partial charge in [-0.2, -0.15) is 0 Å². The number of aryl methyl sites for hydroxylation is 1. The van der Waals surface area contributed by atoms with Crippen molar-refractivity contribution in [3.05, 3.63) is 95.1 Å². The second-order valence-corrected chi connectivity index (χ2v) is 6.62. The van der Waals surface area contributed by atoms with Gasteiger partial charge in [-0.25, -0.2) is 4.39 Å². The number of carbonyl (C=O) groups is 1. The average Bonchev–Trinajstić information content (AvgIpc) is 2.80. The molecule has 4 rings (SSSR count). The largest absolute Gasteiger partial charge is 0.302 e. The van der Waals surface area contributed by atoms with Gasteiger partial charge >= 0.3 is 0 Å². The van der Waals surface area contributed by atoms with Gasteiger partial charge in [0.15, 0.2) is 6.17 Å². The Bertz CT molecular complexity index is 1070. The van der Waals surface area contributed by atoms with Crippen molar-refractivity contribution in [2.75, 3.05) is 4.90 Å². The fourth-order valence-electron chi connectivity index (χ4n) is 3.42. The Morgan fingerprint density at radius 1 is 1.04 bits per heavy atom. The standard InChI is InChI=1S/C22H19FN4O/c1-14-7-6-10-17-19(16-9-2-3-11-18(16)23)26-21(24)22(28)27(20(14)17)13-15-8-4-5-12-25-15/h2-12,21H,13,24H2,1H3/t21-/m0/s1. The molecule has 0 radical (unpaired) electrons. The zero-order valence-corrected chi connectivity index (χ0v) is 15.3. The van der Waals surface area contributed by atoms with Crippen molar-refractivity contribution in [2.24, 2.45) is 10.7 Å². The van der Waals surface area contributed by atoms with Crippen molar-refractivity contribution < 1.29 is 9.18 Å². The lowest BCUT2D eigenvalue weighted by Gasteiger charge is -2.25. The number of nitrogens with zero attached hydrogens (tertiary/aromatic N) is 3. The van der Waals surface area contributed by atoms with Gasteiger partial charge in [0, 0.05) is 17.3 Å². The minimum atomic E-state index is -1.13. The Balaban J connectivity index is 1.91. The van der Waals surface area contributed by atoms with Gasteiger partial charge in [0.05, 0.1) is 23.6 Å². The van der Waals surface area contributed by atoms with Crippen molar-refractivity contribution in [3.8, 4) is 0 Å². The van der Waals surface area contributed by atoms with Crippen LogP contribution in [0.1, 0.15) is 22.4 Å². The van der Waals surface area contributed by atoms with Crippen LogP contribution >= 0.6 is 0 Å². The zero-order valence-electron chi connectivity index (χ0n) is 15.3. The quantitative estimate of drug-likeness (QED) is 0.765. The normalized spacial score (nSPS) is 16.4. The van der Waals surface area contributed by atoms with E-state index in [2.05, 4.69) is 9.98 Å². The molecular weight excluding hydrogens is 355 g/mol. The first-order valence-electron chi connectivity index (χ1n) is 8.96. The number of halogens is 1. The first-order valence-corrected chi connectivity index (χ1v) is 8.96. The van der Waals surface area contributed by atoms with Crippen LogP contribution in [0.15, 0.2) is 71.9 Å². The van der Waals surface area contributed by atoms with Gasteiger partial charge in [-0.3, -0.25) is 14.8 Å².